The maximum Gasteiger partial charge on any atom is 0.0292 e. The summed E-state index contributed by atoms with van der Waals surface area (Å²) in [5.41, 5.74) is 11.3. The van der Waals surface area contributed by atoms with Crippen LogP contribution < -0.4 is 11.5 Å². The summed E-state index contributed by atoms with van der Waals surface area (Å²) in [5, 5.41) is 0. The Morgan fingerprint density at radius 2 is 2.29 bits per heavy atom. The summed E-state index contributed by atoms with van der Waals surface area (Å²) in [4.78, 5) is 4.70. The van der Waals surface area contributed by atoms with Crippen LogP contribution in [0, 0.1) is 5.92 Å². The van der Waals surface area contributed by atoms with E-state index in [1.54, 1.807) is 0 Å². The Morgan fingerprint density at radius 3 is 2.79 bits per heavy atom. The highest BCUT2D eigenvalue weighted by atomic mass is 15.2. The van der Waals surface area contributed by atoms with Gasteiger partial charge in [0.1, 0.15) is 0 Å². The number of rotatable bonds is 5. The molecule has 1 rings (SSSR count). The molecule has 0 amide bonds. The largest absolute Gasteiger partial charge is 0.329 e. The molecule has 0 aromatic heterocycles. The molecule has 1 saturated heterocycles. The number of nitrogens with zero attached hydrogens (tertiary/aromatic N) is 2. The van der Waals surface area contributed by atoms with Crippen molar-refractivity contribution in [1.82, 2.24) is 9.80 Å². The molecular formula is C10H24N4. The van der Waals surface area contributed by atoms with Gasteiger partial charge in [0.15, 0.2) is 0 Å². The molecule has 0 aliphatic carbocycles. The Hall–Kier alpha value is -0.160. The topological polar surface area (TPSA) is 58.5 Å². The van der Waals surface area contributed by atoms with Crippen molar-refractivity contribution >= 4 is 0 Å². The number of hydrogen-bond acceptors (Lipinski definition) is 4. The highest BCUT2D eigenvalue weighted by Crippen LogP contribution is 2.14. The predicted molar refractivity (Wildman–Crippen MR) is 60.1 cm³/mol. The number of nitrogens with two attached hydrogens (primary N) is 2. The third-order valence-electron chi connectivity index (χ3n) is 2.91. The van der Waals surface area contributed by atoms with Crippen molar-refractivity contribution in [3.63, 3.8) is 0 Å². The van der Waals surface area contributed by atoms with Gasteiger partial charge in [0, 0.05) is 32.2 Å². The van der Waals surface area contributed by atoms with Crippen LogP contribution in [0.2, 0.25) is 0 Å². The second-order valence-electron chi connectivity index (χ2n) is 4.63. The molecule has 0 bridgehead atoms. The fourth-order valence-corrected chi connectivity index (χ4v) is 2.17. The summed E-state index contributed by atoms with van der Waals surface area (Å²) < 4.78 is 0. The molecule has 14 heavy (non-hydrogen) atoms. The maximum absolute atomic E-state index is 5.80. The number of hydrogen-bond donors (Lipinski definition) is 2. The quantitative estimate of drug-likeness (QED) is 0.607. The summed E-state index contributed by atoms with van der Waals surface area (Å²) in [6, 6.07) is 0.124. The lowest BCUT2D eigenvalue weighted by Gasteiger charge is -2.23. The van der Waals surface area contributed by atoms with Crippen LogP contribution in [0.3, 0.4) is 0 Å². The van der Waals surface area contributed by atoms with Crippen LogP contribution in [-0.2, 0) is 0 Å². The zero-order valence-electron chi connectivity index (χ0n) is 9.45. The molecule has 0 radical (unpaired) electrons. The molecule has 1 aliphatic heterocycles. The lowest BCUT2D eigenvalue weighted by Crippen LogP contribution is -2.42. The van der Waals surface area contributed by atoms with Gasteiger partial charge in [-0.25, -0.2) is 0 Å². The minimum absolute atomic E-state index is 0.124. The molecule has 1 heterocycles. The molecule has 0 aromatic carbocycles. The van der Waals surface area contributed by atoms with E-state index in [0.717, 1.165) is 19.0 Å². The third kappa shape index (κ3) is 3.92. The molecule has 1 aliphatic rings. The zero-order valence-corrected chi connectivity index (χ0v) is 9.45. The molecule has 84 valence electrons. The van der Waals surface area contributed by atoms with Gasteiger partial charge < -0.3 is 21.3 Å². The molecule has 4 N–H and O–H groups in total. The van der Waals surface area contributed by atoms with Gasteiger partial charge in [-0.3, -0.25) is 0 Å². The Morgan fingerprint density at radius 1 is 1.57 bits per heavy atom. The molecule has 0 aromatic rings. The molecule has 4 nitrogen and oxygen atoms in total. The van der Waals surface area contributed by atoms with Crippen LogP contribution in [0.25, 0.3) is 0 Å². The molecule has 0 spiro atoms. The molecule has 0 saturated carbocycles. The highest BCUT2D eigenvalue weighted by Gasteiger charge is 2.20. The van der Waals surface area contributed by atoms with Crippen molar-refractivity contribution in [3.05, 3.63) is 0 Å². The van der Waals surface area contributed by atoms with Gasteiger partial charge in [0.2, 0.25) is 0 Å². The van der Waals surface area contributed by atoms with Gasteiger partial charge in [-0.05, 0) is 33.0 Å². The normalized spacial score (nSPS) is 25.9. The Balaban J connectivity index is 2.16. The Labute approximate surface area is 87.2 Å². The van der Waals surface area contributed by atoms with Crippen molar-refractivity contribution in [2.45, 2.75) is 12.5 Å². The van der Waals surface area contributed by atoms with Crippen molar-refractivity contribution < 1.29 is 0 Å². The van der Waals surface area contributed by atoms with Crippen LogP contribution in [0.1, 0.15) is 6.42 Å². The maximum atomic E-state index is 5.80. The van der Waals surface area contributed by atoms with Crippen molar-refractivity contribution in [2.75, 3.05) is 46.8 Å². The zero-order chi connectivity index (χ0) is 10.6. The minimum Gasteiger partial charge on any atom is -0.329 e. The smallest absolute Gasteiger partial charge is 0.0292 e. The van der Waals surface area contributed by atoms with E-state index in [-0.39, 0.29) is 6.04 Å². The van der Waals surface area contributed by atoms with Gasteiger partial charge in [0.05, 0.1) is 0 Å². The highest BCUT2D eigenvalue weighted by molar-refractivity contribution is 4.76. The molecule has 1 fully saturated rings. The van der Waals surface area contributed by atoms with E-state index >= 15 is 0 Å². The average molecular weight is 200 g/mol. The first-order valence-electron chi connectivity index (χ1n) is 5.44. The molecule has 2 atom stereocenters. The van der Waals surface area contributed by atoms with E-state index in [1.165, 1.54) is 19.5 Å². The monoisotopic (exact) mass is 200 g/mol. The minimum atomic E-state index is 0.124. The Kier molecular flexibility index (Phi) is 4.81. The van der Waals surface area contributed by atoms with Crippen LogP contribution in [0.4, 0.5) is 0 Å². The van der Waals surface area contributed by atoms with E-state index in [4.69, 9.17) is 11.5 Å². The van der Waals surface area contributed by atoms with Crippen LogP contribution in [0.5, 0.6) is 0 Å². The van der Waals surface area contributed by atoms with Crippen molar-refractivity contribution in [1.29, 1.82) is 0 Å². The first kappa shape index (κ1) is 11.9. The van der Waals surface area contributed by atoms with Gasteiger partial charge in [-0.15, -0.1) is 0 Å². The second-order valence-corrected chi connectivity index (χ2v) is 4.63. The Bertz CT molecular complexity index is 162. The van der Waals surface area contributed by atoms with Gasteiger partial charge in [-0.1, -0.05) is 0 Å². The average Bonchev–Trinajstić information content (AvgIpc) is 2.50. The lowest BCUT2D eigenvalue weighted by molar-refractivity contribution is 0.261. The van der Waals surface area contributed by atoms with Gasteiger partial charge in [0.25, 0.3) is 0 Å². The first-order valence-corrected chi connectivity index (χ1v) is 5.44. The fraction of sp³-hybridized carbons (Fsp3) is 1.00. The van der Waals surface area contributed by atoms with Crippen LogP contribution >= 0.6 is 0 Å². The summed E-state index contributed by atoms with van der Waals surface area (Å²) >= 11 is 0. The summed E-state index contributed by atoms with van der Waals surface area (Å²) in [6.45, 7) is 5.10. The third-order valence-corrected chi connectivity index (χ3v) is 2.91. The summed E-state index contributed by atoms with van der Waals surface area (Å²) in [6.07, 6.45) is 1.32. The second kappa shape index (κ2) is 5.66. The predicted octanol–water partition coefficient (Wildman–Crippen LogP) is -0.844. The van der Waals surface area contributed by atoms with E-state index in [0.29, 0.717) is 6.54 Å². The van der Waals surface area contributed by atoms with E-state index in [2.05, 4.69) is 23.9 Å². The van der Waals surface area contributed by atoms with E-state index in [9.17, 15) is 0 Å². The standard InChI is InChI=1S/C10H24N4/c1-13-4-3-9(6-13)7-14(2)8-10(12)5-11/h9-10H,3-8,11-12H2,1-2H3. The van der Waals surface area contributed by atoms with Crippen molar-refractivity contribution in [3.8, 4) is 0 Å². The van der Waals surface area contributed by atoms with E-state index < -0.39 is 0 Å². The first-order chi connectivity index (χ1) is 6.61. The van der Waals surface area contributed by atoms with Crippen LogP contribution in [-0.4, -0.2) is 62.7 Å². The molecule has 4 heteroatoms. The SMILES string of the molecule is CN1CCC(CN(C)CC(N)CN)C1. The van der Waals surface area contributed by atoms with Crippen molar-refractivity contribution in [2.24, 2.45) is 17.4 Å². The lowest BCUT2D eigenvalue weighted by atomic mass is 10.1. The number of likely N-dealkylation sites (tertiary alicyclic amines) is 1. The molecular weight excluding hydrogens is 176 g/mol. The van der Waals surface area contributed by atoms with E-state index in [1.807, 2.05) is 0 Å². The summed E-state index contributed by atoms with van der Waals surface area (Å²) in [7, 11) is 4.32. The fourth-order valence-electron chi connectivity index (χ4n) is 2.17. The number of likely N-dealkylation sites (N-methyl/N-ethyl adjacent to an activating group) is 1. The van der Waals surface area contributed by atoms with Crippen LogP contribution in [0.15, 0.2) is 0 Å². The van der Waals surface area contributed by atoms with Gasteiger partial charge in [-0.2, -0.15) is 0 Å². The molecule has 2 unspecified atom stereocenters. The summed E-state index contributed by atoms with van der Waals surface area (Å²) in [5.74, 6) is 0.815. The van der Waals surface area contributed by atoms with Gasteiger partial charge >= 0.3 is 0 Å².